The second-order valence-electron chi connectivity index (χ2n) is 12.4. The fourth-order valence-corrected chi connectivity index (χ4v) is 7.20. The Morgan fingerprint density at radius 2 is 0.965 bits per heavy atom. The quantitative estimate of drug-likeness (QED) is 0.175. The molecule has 57 heavy (non-hydrogen) atoms. The first-order chi connectivity index (χ1) is 38.7. The molecule has 0 bridgehead atoms. The summed E-state index contributed by atoms with van der Waals surface area (Å²) in [5.41, 5.74) is -5.87. The van der Waals surface area contributed by atoms with Gasteiger partial charge in [-0.3, -0.25) is 14.5 Å². The summed E-state index contributed by atoms with van der Waals surface area (Å²) in [5, 5.41) is -1.43. The monoisotopic (exact) mass is 754 g/mol. The van der Waals surface area contributed by atoms with Crippen molar-refractivity contribution in [1.82, 2.24) is 33.6 Å². The van der Waals surface area contributed by atoms with Crippen LogP contribution in [0.15, 0.2) is 188 Å². The van der Waals surface area contributed by atoms with Gasteiger partial charge >= 0.3 is 0 Å². The highest BCUT2D eigenvalue weighted by molar-refractivity contribution is 6.11. The van der Waals surface area contributed by atoms with Gasteiger partial charge in [-0.1, -0.05) is 115 Å². The van der Waals surface area contributed by atoms with Crippen LogP contribution in [0.25, 0.3) is 106 Å². The first-order valence-electron chi connectivity index (χ1n) is 29.5. The van der Waals surface area contributed by atoms with Crippen LogP contribution in [0, 0.1) is 0 Å². The van der Waals surface area contributed by atoms with Gasteiger partial charge < -0.3 is 9.13 Å². The summed E-state index contributed by atoms with van der Waals surface area (Å²) in [6, 6.07) is -15.3. The molecule has 0 unspecified atom stereocenters. The zero-order valence-electron chi connectivity index (χ0n) is 53.6. The molecular weight excluding hydrogens is 699 g/mol. The number of pyridine rings is 2. The van der Waals surface area contributed by atoms with Gasteiger partial charge in [-0.05, 0) is 54.5 Å². The summed E-state index contributed by atoms with van der Waals surface area (Å²) in [5.74, 6) is -1.76. The molecule has 0 N–H and O–H groups in total. The number of hydrogen-bond acceptors (Lipinski definition) is 4. The first-order valence-corrected chi connectivity index (χ1v) is 17.0. The summed E-state index contributed by atoms with van der Waals surface area (Å²) in [4.78, 5) is 18.3. The van der Waals surface area contributed by atoms with Crippen molar-refractivity contribution in [3.63, 3.8) is 0 Å². The van der Waals surface area contributed by atoms with E-state index in [2.05, 4.69) is 19.9 Å². The second-order valence-corrected chi connectivity index (χ2v) is 12.4. The lowest BCUT2D eigenvalue weighted by atomic mass is 10.1. The van der Waals surface area contributed by atoms with Gasteiger partial charge in [0, 0.05) is 51.1 Å². The largest absolute Gasteiger partial charge is 0.305 e. The highest BCUT2D eigenvalue weighted by Gasteiger charge is 2.25. The number of nitrogens with zero attached hydrogens (tertiary/aromatic N) is 7. The van der Waals surface area contributed by atoms with Gasteiger partial charge in [0.05, 0.1) is 95.5 Å². The summed E-state index contributed by atoms with van der Waals surface area (Å²) in [6.45, 7) is 0. The van der Waals surface area contributed by atoms with E-state index in [1.807, 2.05) is 0 Å². The zero-order chi connectivity index (χ0) is 59.2. The maximum Gasteiger partial charge on any atom is 0.162 e. The predicted octanol–water partition coefficient (Wildman–Crippen LogP) is 11.9. The lowest BCUT2D eigenvalue weighted by Crippen LogP contribution is -2.07. The smallest absolute Gasteiger partial charge is 0.162 e. The van der Waals surface area contributed by atoms with Gasteiger partial charge in [-0.15, -0.1) is 0 Å². The molecule has 0 aliphatic rings. The molecule has 266 valence electrons. The van der Waals surface area contributed by atoms with E-state index < -0.39 is 218 Å². The topological polar surface area (TPSA) is 66.3 Å². The van der Waals surface area contributed by atoms with Crippen molar-refractivity contribution in [1.29, 1.82) is 0 Å². The number of benzene rings is 6. The Balaban J connectivity index is 1.42. The number of hydrogen-bond donors (Lipinski definition) is 0. The van der Waals surface area contributed by atoms with Crippen molar-refractivity contribution in [3.05, 3.63) is 188 Å². The molecule has 7 heteroatoms. The molecule has 6 aromatic carbocycles. The maximum absolute atomic E-state index is 10.4. The number of rotatable bonds is 5. The molecule has 0 saturated carbocycles. The standard InChI is InChI=1S/C50H31N7/c1-2-15-32(16-3-1)50-53-38(31-46(54-50)56-39-22-8-4-17-33(39)34-18-5-9-23-40(34)56)35-21-12-26-45(55-41-24-10-6-19-36(41)47-43(55)27-13-29-51-47)49(35)57-42-25-11-7-20-37(42)48-44(57)28-14-30-52-48/h1-31H/i1D,2D,3D,4D,5D,6D,7D,8D,9D,10D,11D,12D,15D,16D,17D,18D,19D,20D,21D,22D,23D,24D,25D,26D,31D. The van der Waals surface area contributed by atoms with E-state index in [0.29, 0.717) is 0 Å². The van der Waals surface area contributed by atoms with Crippen LogP contribution in [-0.2, 0) is 0 Å². The normalized spacial score (nSPS) is 18.0. The van der Waals surface area contributed by atoms with Crippen molar-refractivity contribution in [2.45, 2.75) is 0 Å². The minimum Gasteiger partial charge on any atom is -0.305 e. The third-order valence-electron chi connectivity index (χ3n) is 9.45. The van der Waals surface area contributed by atoms with Crippen LogP contribution in [0.4, 0.5) is 0 Å². The van der Waals surface area contributed by atoms with Crippen LogP contribution in [-0.4, -0.2) is 33.6 Å². The first kappa shape index (κ1) is 15.7. The number of fused-ring (bicyclic) bond motifs is 9. The molecule has 0 aliphatic carbocycles. The number of aromatic nitrogens is 7. The molecule has 12 rings (SSSR count). The average Bonchev–Trinajstić information content (AvgIpc) is 1.59. The van der Waals surface area contributed by atoms with Gasteiger partial charge in [0.2, 0.25) is 0 Å². The van der Waals surface area contributed by atoms with Crippen molar-refractivity contribution in [3.8, 4) is 39.8 Å². The molecule has 0 spiro atoms. The van der Waals surface area contributed by atoms with Crippen LogP contribution in [0.2, 0.25) is 0 Å². The Kier molecular flexibility index (Phi) is 3.39. The molecule has 0 saturated heterocycles. The maximum atomic E-state index is 10.4. The van der Waals surface area contributed by atoms with E-state index in [0.717, 1.165) is 13.7 Å². The van der Waals surface area contributed by atoms with Crippen molar-refractivity contribution in [2.24, 2.45) is 0 Å². The van der Waals surface area contributed by atoms with Crippen LogP contribution >= 0.6 is 0 Å². The highest BCUT2D eigenvalue weighted by Crippen LogP contribution is 2.42. The van der Waals surface area contributed by atoms with Crippen molar-refractivity contribution < 1.29 is 34.3 Å². The molecule has 6 aromatic heterocycles. The van der Waals surface area contributed by atoms with E-state index in [1.54, 1.807) is 0 Å². The molecule has 0 atom stereocenters. The van der Waals surface area contributed by atoms with Crippen molar-refractivity contribution >= 4 is 65.7 Å². The molecule has 0 fully saturated rings. The zero-order valence-corrected chi connectivity index (χ0v) is 28.6. The Morgan fingerprint density at radius 3 is 1.60 bits per heavy atom. The molecule has 0 aliphatic heterocycles. The van der Waals surface area contributed by atoms with Crippen LogP contribution in [0.1, 0.15) is 34.3 Å². The summed E-state index contributed by atoms with van der Waals surface area (Å²) in [7, 11) is 0. The minimum absolute atomic E-state index is 0.0500. The third-order valence-corrected chi connectivity index (χ3v) is 9.45. The third kappa shape index (κ3) is 4.66. The van der Waals surface area contributed by atoms with Gasteiger partial charge in [0.1, 0.15) is 5.82 Å². The van der Waals surface area contributed by atoms with E-state index in [4.69, 9.17) is 21.9 Å². The van der Waals surface area contributed by atoms with Gasteiger partial charge in [-0.25, -0.2) is 9.97 Å². The molecule has 6 heterocycles. The van der Waals surface area contributed by atoms with Crippen LogP contribution in [0.3, 0.4) is 0 Å². The Morgan fingerprint density at radius 1 is 0.439 bits per heavy atom. The highest BCUT2D eigenvalue weighted by atomic mass is 15.1. The second kappa shape index (κ2) is 12.3. The predicted molar refractivity (Wildman–Crippen MR) is 232 cm³/mol. The fraction of sp³-hybridized carbons (Fsp3) is 0. The summed E-state index contributed by atoms with van der Waals surface area (Å²) >= 11 is 0. The van der Waals surface area contributed by atoms with Crippen molar-refractivity contribution in [2.75, 3.05) is 0 Å². The molecule has 0 radical (unpaired) electrons. The van der Waals surface area contributed by atoms with E-state index in [1.165, 1.54) is 36.7 Å². The molecule has 7 nitrogen and oxygen atoms in total. The van der Waals surface area contributed by atoms with Crippen LogP contribution < -0.4 is 0 Å². The van der Waals surface area contributed by atoms with Gasteiger partial charge in [-0.2, -0.15) is 0 Å². The Bertz CT molecular complexity index is 4900. The lowest BCUT2D eigenvalue weighted by molar-refractivity contribution is 1.04. The van der Waals surface area contributed by atoms with Gasteiger partial charge in [0.15, 0.2) is 5.82 Å². The number of para-hydroxylation sites is 5. The van der Waals surface area contributed by atoms with E-state index in [9.17, 15) is 12.3 Å². The summed E-state index contributed by atoms with van der Waals surface area (Å²) in [6.07, 6.45) is 2.63. The van der Waals surface area contributed by atoms with Gasteiger partial charge in [0.25, 0.3) is 0 Å². The van der Waals surface area contributed by atoms with E-state index >= 15 is 0 Å². The average molecular weight is 755 g/mol. The van der Waals surface area contributed by atoms with E-state index in [-0.39, 0.29) is 38.4 Å². The summed E-state index contributed by atoms with van der Waals surface area (Å²) < 4.78 is 232. The fourth-order valence-electron chi connectivity index (χ4n) is 7.20. The lowest BCUT2D eigenvalue weighted by Gasteiger charge is -2.21. The van der Waals surface area contributed by atoms with Crippen LogP contribution in [0.5, 0.6) is 0 Å². The SMILES string of the molecule is [2H]c1c(-c2c([2H])c([2H])c([2H])c(-n3c4cccnc4c4c([2H])c([2H])c([2H])c([2H])c43)c2-n2c3cccnc3c3c([2H])c([2H])c([2H])c([2H])c32)nc(-c2c([2H])c([2H])c([2H])c([2H])c2[2H])nc1-n1c2c([2H])c([2H])c([2H])c([2H])c2c2c([2H])c([2H])c([2H])c([2H])c21. The molecule has 0 amide bonds. The minimum atomic E-state index is -1.03. The Hall–Kier alpha value is -7.90. The molecule has 12 aromatic rings. The molecular formula is C50H31N7. The Labute approximate surface area is 361 Å².